The Balaban J connectivity index is 1.88. The van der Waals surface area contributed by atoms with E-state index in [2.05, 4.69) is 20.9 Å². The number of ether oxygens (including phenoxy) is 1. The van der Waals surface area contributed by atoms with E-state index in [1.807, 2.05) is 55.5 Å². The number of anilines is 3. The molecule has 0 aliphatic carbocycles. The number of urea groups is 1. The van der Waals surface area contributed by atoms with Crippen molar-refractivity contribution in [2.45, 2.75) is 6.92 Å². The van der Waals surface area contributed by atoms with Crippen molar-refractivity contribution in [2.24, 2.45) is 0 Å². The van der Waals surface area contributed by atoms with Gasteiger partial charge in [-0.25, -0.2) is 9.78 Å². The third-order valence-corrected chi connectivity index (χ3v) is 3.69. The van der Waals surface area contributed by atoms with Gasteiger partial charge in [0, 0.05) is 35.6 Å². The molecule has 0 atom stereocenters. The molecule has 25 heavy (non-hydrogen) atoms. The fourth-order valence-electron chi connectivity index (χ4n) is 2.53. The molecule has 0 aliphatic rings. The summed E-state index contributed by atoms with van der Waals surface area (Å²) in [5.74, 6) is 1.30. The van der Waals surface area contributed by atoms with Gasteiger partial charge in [-0.05, 0) is 36.6 Å². The zero-order chi connectivity index (χ0) is 17.6. The third kappa shape index (κ3) is 3.98. The molecular weight excluding hydrogens is 316 g/mol. The Morgan fingerprint density at radius 1 is 1.16 bits per heavy atom. The van der Waals surface area contributed by atoms with E-state index in [4.69, 9.17) is 4.74 Å². The first kappa shape index (κ1) is 16.6. The minimum atomic E-state index is -0.264. The highest BCUT2D eigenvalue weighted by Crippen LogP contribution is 2.28. The van der Waals surface area contributed by atoms with E-state index in [0.717, 1.165) is 27.9 Å². The number of pyridine rings is 1. The summed E-state index contributed by atoms with van der Waals surface area (Å²) in [6, 6.07) is 15.2. The number of nitrogens with zero attached hydrogens (tertiary/aromatic N) is 1. The first-order valence-corrected chi connectivity index (χ1v) is 8.04. The molecule has 0 saturated carbocycles. The first-order valence-electron chi connectivity index (χ1n) is 8.04. The normalized spacial score (nSPS) is 10.3. The number of carbonyl (C=O) groups excluding carboxylic acids is 1. The lowest BCUT2D eigenvalue weighted by molar-refractivity contribution is 0.252. The number of fused-ring (bicyclic) bond motifs is 1. The van der Waals surface area contributed by atoms with Crippen LogP contribution in [0.1, 0.15) is 6.92 Å². The summed E-state index contributed by atoms with van der Waals surface area (Å²) in [5.41, 5.74) is 1.86. The van der Waals surface area contributed by atoms with Gasteiger partial charge in [-0.1, -0.05) is 18.2 Å². The van der Waals surface area contributed by atoms with Crippen molar-refractivity contribution >= 4 is 34.0 Å². The highest BCUT2D eigenvalue weighted by molar-refractivity contribution is 5.97. The van der Waals surface area contributed by atoms with Crippen molar-refractivity contribution < 1.29 is 9.53 Å². The number of benzene rings is 2. The average molecular weight is 336 g/mol. The molecule has 6 nitrogen and oxygen atoms in total. The lowest BCUT2D eigenvalue weighted by Gasteiger charge is -2.12. The van der Waals surface area contributed by atoms with Gasteiger partial charge in [-0.2, -0.15) is 0 Å². The summed E-state index contributed by atoms with van der Waals surface area (Å²) in [5, 5.41) is 10.7. The molecule has 6 heteroatoms. The number of carbonyl (C=O) groups is 1. The van der Waals surface area contributed by atoms with Gasteiger partial charge in [0.05, 0.1) is 7.11 Å². The van der Waals surface area contributed by atoms with Crippen LogP contribution >= 0.6 is 0 Å². The second kappa shape index (κ2) is 7.53. The van der Waals surface area contributed by atoms with Crippen molar-refractivity contribution in [1.29, 1.82) is 0 Å². The number of nitrogens with one attached hydrogen (secondary N) is 3. The molecule has 3 rings (SSSR count). The van der Waals surface area contributed by atoms with E-state index in [1.54, 1.807) is 13.3 Å². The second-order valence-corrected chi connectivity index (χ2v) is 5.44. The topological polar surface area (TPSA) is 75.3 Å². The number of hydrogen-bond acceptors (Lipinski definition) is 4. The Kier molecular flexibility index (Phi) is 4.99. The fourth-order valence-corrected chi connectivity index (χ4v) is 2.53. The lowest BCUT2D eigenvalue weighted by atomic mass is 10.1. The van der Waals surface area contributed by atoms with Gasteiger partial charge >= 0.3 is 6.03 Å². The summed E-state index contributed by atoms with van der Waals surface area (Å²) in [4.78, 5) is 16.0. The van der Waals surface area contributed by atoms with Gasteiger partial charge in [-0.3, -0.25) is 5.32 Å². The Hall–Kier alpha value is -3.28. The van der Waals surface area contributed by atoms with Crippen LogP contribution in [0.3, 0.4) is 0 Å². The van der Waals surface area contributed by atoms with Crippen LogP contribution in [0.15, 0.2) is 54.7 Å². The SMILES string of the molecule is CCNC(=O)Nc1cc2cccc(Nc3cccc(OC)c3)c2cn1. The number of aromatic nitrogens is 1. The Morgan fingerprint density at radius 3 is 2.80 bits per heavy atom. The second-order valence-electron chi connectivity index (χ2n) is 5.44. The maximum atomic E-state index is 11.6. The summed E-state index contributed by atoms with van der Waals surface area (Å²) >= 11 is 0. The molecule has 3 N–H and O–H groups in total. The van der Waals surface area contributed by atoms with Gasteiger partial charge in [-0.15, -0.1) is 0 Å². The van der Waals surface area contributed by atoms with E-state index in [-0.39, 0.29) is 6.03 Å². The molecule has 0 fully saturated rings. The molecular formula is C19H20N4O2. The van der Waals surface area contributed by atoms with Crippen LogP contribution in [0.2, 0.25) is 0 Å². The Morgan fingerprint density at radius 2 is 2.00 bits per heavy atom. The zero-order valence-electron chi connectivity index (χ0n) is 14.2. The predicted octanol–water partition coefficient (Wildman–Crippen LogP) is 4.13. The van der Waals surface area contributed by atoms with E-state index in [1.165, 1.54) is 0 Å². The molecule has 0 radical (unpaired) electrons. The molecule has 1 heterocycles. The van der Waals surface area contributed by atoms with Crippen LogP contribution in [0.5, 0.6) is 5.75 Å². The van der Waals surface area contributed by atoms with Gasteiger partial charge in [0.2, 0.25) is 0 Å². The highest BCUT2D eigenvalue weighted by Gasteiger charge is 2.06. The van der Waals surface area contributed by atoms with Gasteiger partial charge in [0.1, 0.15) is 11.6 Å². The molecule has 2 amide bonds. The van der Waals surface area contributed by atoms with Crippen molar-refractivity contribution in [2.75, 3.05) is 24.3 Å². The van der Waals surface area contributed by atoms with Crippen molar-refractivity contribution in [3.63, 3.8) is 0 Å². The first-order chi connectivity index (χ1) is 12.2. The van der Waals surface area contributed by atoms with Gasteiger partial charge in [0.15, 0.2) is 0 Å². The molecule has 128 valence electrons. The summed E-state index contributed by atoms with van der Waals surface area (Å²) in [7, 11) is 1.64. The van der Waals surface area contributed by atoms with Crippen molar-refractivity contribution in [3.05, 3.63) is 54.7 Å². The highest BCUT2D eigenvalue weighted by atomic mass is 16.5. The van der Waals surface area contributed by atoms with Gasteiger partial charge < -0.3 is 15.4 Å². The molecule has 0 unspecified atom stereocenters. The van der Waals surface area contributed by atoms with Crippen LogP contribution in [-0.4, -0.2) is 24.7 Å². The van der Waals surface area contributed by atoms with Crippen LogP contribution in [-0.2, 0) is 0 Å². The molecule has 0 aliphatic heterocycles. The number of rotatable bonds is 5. The van der Waals surface area contributed by atoms with E-state index in [9.17, 15) is 4.79 Å². The monoisotopic (exact) mass is 336 g/mol. The van der Waals surface area contributed by atoms with Crippen LogP contribution < -0.4 is 20.7 Å². The maximum absolute atomic E-state index is 11.6. The molecule has 3 aromatic rings. The van der Waals surface area contributed by atoms with Crippen LogP contribution in [0.25, 0.3) is 10.8 Å². The smallest absolute Gasteiger partial charge is 0.320 e. The summed E-state index contributed by atoms with van der Waals surface area (Å²) in [6.45, 7) is 2.43. The summed E-state index contributed by atoms with van der Waals surface area (Å²) in [6.07, 6.45) is 1.75. The van der Waals surface area contributed by atoms with E-state index >= 15 is 0 Å². The number of methoxy groups -OCH3 is 1. The lowest BCUT2D eigenvalue weighted by Crippen LogP contribution is -2.28. The fraction of sp³-hybridized carbons (Fsp3) is 0.158. The largest absolute Gasteiger partial charge is 0.497 e. The minimum absolute atomic E-state index is 0.264. The molecule has 2 aromatic carbocycles. The van der Waals surface area contributed by atoms with Crippen molar-refractivity contribution in [3.8, 4) is 5.75 Å². The van der Waals surface area contributed by atoms with Crippen LogP contribution in [0, 0.1) is 0 Å². The number of hydrogen-bond donors (Lipinski definition) is 3. The van der Waals surface area contributed by atoms with E-state index in [0.29, 0.717) is 12.4 Å². The average Bonchev–Trinajstić information content (AvgIpc) is 2.62. The van der Waals surface area contributed by atoms with Crippen molar-refractivity contribution in [1.82, 2.24) is 10.3 Å². The maximum Gasteiger partial charge on any atom is 0.320 e. The Labute approximate surface area is 146 Å². The molecule has 1 aromatic heterocycles. The van der Waals surface area contributed by atoms with E-state index < -0.39 is 0 Å². The molecule has 0 spiro atoms. The van der Waals surface area contributed by atoms with Gasteiger partial charge in [0.25, 0.3) is 0 Å². The zero-order valence-corrected chi connectivity index (χ0v) is 14.2. The Bertz CT molecular complexity index is 895. The quantitative estimate of drug-likeness (QED) is 0.655. The number of amides is 2. The minimum Gasteiger partial charge on any atom is -0.497 e. The standard InChI is InChI=1S/C19H20N4O2/c1-3-20-19(24)23-18-10-13-6-4-9-17(16(13)12-21-18)22-14-7-5-8-15(11-14)25-2/h4-12,22H,3H2,1-2H3,(H2,20,21,23,24). The molecule has 0 bridgehead atoms. The molecule has 0 saturated heterocycles. The van der Waals surface area contributed by atoms with Crippen LogP contribution in [0.4, 0.5) is 22.0 Å². The third-order valence-electron chi connectivity index (χ3n) is 3.69. The summed E-state index contributed by atoms with van der Waals surface area (Å²) < 4.78 is 5.25. The predicted molar refractivity (Wildman–Crippen MR) is 101 cm³/mol.